The second-order valence-electron chi connectivity index (χ2n) is 3.74. The first-order valence-corrected chi connectivity index (χ1v) is 5.15. The average molecular weight is 217 g/mol. The van der Waals surface area contributed by atoms with Gasteiger partial charge in [-0.05, 0) is 36.7 Å². The van der Waals surface area contributed by atoms with Crippen LogP contribution in [0.4, 0.5) is 0 Å². The van der Waals surface area contributed by atoms with Gasteiger partial charge in [0.2, 0.25) is 0 Å². The number of nitrogens with one attached hydrogen (secondary N) is 1. The molecule has 1 rings (SSSR count). The fourth-order valence-corrected chi connectivity index (χ4v) is 1.15. The van der Waals surface area contributed by atoms with Crippen molar-refractivity contribution in [3.8, 4) is 6.07 Å². The Balaban J connectivity index is 2.57. The first-order chi connectivity index (χ1) is 7.67. The number of hydrogen-bond donors (Lipinski definition) is 2. The highest BCUT2D eigenvalue weighted by molar-refractivity contribution is 5.94. The summed E-state index contributed by atoms with van der Waals surface area (Å²) in [5.74, 6) is 0.132. The lowest BCUT2D eigenvalue weighted by Gasteiger charge is -2.09. The number of nitrogens with two attached hydrogens (primary N) is 1. The third-order valence-corrected chi connectivity index (χ3v) is 2.29. The smallest absolute Gasteiger partial charge is 0.251 e. The Morgan fingerprint density at radius 2 is 2.12 bits per heavy atom. The van der Waals surface area contributed by atoms with E-state index in [-0.39, 0.29) is 11.8 Å². The first kappa shape index (κ1) is 12.2. The number of amides is 1. The highest BCUT2D eigenvalue weighted by Crippen LogP contribution is 2.03. The second-order valence-corrected chi connectivity index (χ2v) is 3.74. The number of rotatable bonds is 4. The van der Waals surface area contributed by atoms with Crippen molar-refractivity contribution in [1.82, 2.24) is 5.32 Å². The quantitative estimate of drug-likeness (QED) is 0.785. The Labute approximate surface area is 95.1 Å². The van der Waals surface area contributed by atoms with Crippen LogP contribution >= 0.6 is 0 Å². The van der Waals surface area contributed by atoms with Crippen molar-refractivity contribution in [2.24, 2.45) is 11.7 Å². The van der Waals surface area contributed by atoms with E-state index in [0.29, 0.717) is 24.2 Å². The molecule has 4 heteroatoms. The van der Waals surface area contributed by atoms with E-state index in [0.717, 1.165) is 0 Å². The molecular weight excluding hydrogens is 202 g/mol. The summed E-state index contributed by atoms with van der Waals surface area (Å²) in [6, 6.07) is 8.54. The van der Waals surface area contributed by atoms with Crippen molar-refractivity contribution in [3.05, 3.63) is 35.4 Å². The summed E-state index contributed by atoms with van der Waals surface area (Å²) >= 11 is 0. The number of hydrogen-bond acceptors (Lipinski definition) is 3. The number of benzene rings is 1. The Kier molecular flexibility index (Phi) is 4.49. The molecule has 4 nitrogen and oxygen atoms in total. The van der Waals surface area contributed by atoms with E-state index >= 15 is 0 Å². The second kappa shape index (κ2) is 5.89. The molecule has 1 aromatic carbocycles. The van der Waals surface area contributed by atoms with E-state index in [1.165, 1.54) is 0 Å². The molecule has 0 aromatic heterocycles. The molecule has 0 aliphatic carbocycles. The largest absolute Gasteiger partial charge is 0.352 e. The zero-order valence-electron chi connectivity index (χ0n) is 9.23. The maximum Gasteiger partial charge on any atom is 0.251 e. The zero-order chi connectivity index (χ0) is 12.0. The van der Waals surface area contributed by atoms with Crippen molar-refractivity contribution in [1.29, 1.82) is 5.26 Å². The normalized spacial score (nSPS) is 11.6. The Morgan fingerprint density at radius 1 is 1.50 bits per heavy atom. The molecule has 84 valence electrons. The molecule has 0 unspecified atom stereocenters. The summed E-state index contributed by atoms with van der Waals surface area (Å²) in [4.78, 5) is 11.6. The van der Waals surface area contributed by atoms with Crippen LogP contribution < -0.4 is 11.1 Å². The molecule has 0 bridgehead atoms. The van der Waals surface area contributed by atoms with Gasteiger partial charge in [0.1, 0.15) is 0 Å². The fourth-order valence-electron chi connectivity index (χ4n) is 1.15. The maximum atomic E-state index is 11.6. The molecule has 1 aromatic rings. The maximum absolute atomic E-state index is 11.6. The highest BCUT2D eigenvalue weighted by Gasteiger charge is 2.06. The molecular formula is C12H15N3O. The van der Waals surface area contributed by atoms with Gasteiger partial charge in [-0.1, -0.05) is 6.92 Å². The Morgan fingerprint density at radius 3 is 2.62 bits per heavy atom. The van der Waals surface area contributed by atoms with Gasteiger partial charge in [-0.15, -0.1) is 0 Å². The van der Waals surface area contributed by atoms with Crippen molar-refractivity contribution in [2.45, 2.75) is 6.92 Å². The molecule has 1 atom stereocenters. The van der Waals surface area contributed by atoms with Gasteiger partial charge >= 0.3 is 0 Å². The number of carbonyl (C=O) groups is 1. The van der Waals surface area contributed by atoms with Gasteiger partial charge < -0.3 is 11.1 Å². The van der Waals surface area contributed by atoms with Crippen LogP contribution in [0.15, 0.2) is 24.3 Å². The van der Waals surface area contributed by atoms with Crippen LogP contribution in [0.2, 0.25) is 0 Å². The predicted molar refractivity (Wildman–Crippen MR) is 61.7 cm³/mol. The van der Waals surface area contributed by atoms with Crippen LogP contribution in [-0.4, -0.2) is 19.0 Å². The van der Waals surface area contributed by atoms with Crippen LogP contribution in [-0.2, 0) is 0 Å². The topological polar surface area (TPSA) is 78.9 Å². The standard InChI is InChI=1S/C12H15N3O/c1-9(6-13)8-15-12(16)11-4-2-10(7-14)3-5-11/h2-5,9H,6,8,13H2,1H3,(H,15,16)/t9-/m1/s1. The summed E-state index contributed by atoms with van der Waals surface area (Å²) < 4.78 is 0. The zero-order valence-corrected chi connectivity index (χ0v) is 9.23. The summed E-state index contributed by atoms with van der Waals surface area (Å²) in [6.07, 6.45) is 0. The van der Waals surface area contributed by atoms with Gasteiger partial charge in [-0.2, -0.15) is 5.26 Å². The lowest BCUT2D eigenvalue weighted by molar-refractivity contribution is 0.0948. The van der Waals surface area contributed by atoms with E-state index in [1.807, 2.05) is 13.0 Å². The Bertz CT molecular complexity index is 392. The molecule has 0 spiro atoms. The summed E-state index contributed by atoms with van der Waals surface area (Å²) in [5, 5.41) is 11.4. The van der Waals surface area contributed by atoms with Gasteiger partial charge in [0.25, 0.3) is 5.91 Å². The van der Waals surface area contributed by atoms with Crippen molar-refractivity contribution in [3.63, 3.8) is 0 Å². The van der Waals surface area contributed by atoms with Crippen LogP contribution in [0, 0.1) is 17.2 Å². The molecule has 0 saturated carbocycles. The van der Waals surface area contributed by atoms with E-state index in [1.54, 1.807) is 24.3 Å². The first-order valence-electron chi connectivity index (χ1n) is 5.15. The molecule has 16 heavy (non-hydrogen) atoms. The molecule has 0 radical (unpaired) electrons. The van der Waals surface area contributed by atoms with Crippen molar-refractivity contribution in [2.75, 3.05) is 13.1 Å². The summed E-state index contributed by atoms with van der Waals surface area (Å²) in [5.41, 5.74) is 6.55. The molecule has 0 aliphatic rings. The number of carbonyl (C=O) groups excluding carboxylic acids is 1. The minimum Gasteiger partial charge on any atom is -0.352 e. The van der Waals surface area contributed by atoms with Crippen molar-refractivity contribution < 1.29 is 4.79 Å². The van der Waals surface area contributed by atoms with E-state index in [2.05, 4.69) is 5.32 Å². The van der Waals surface area contributed by atoms with Gasteiger partial charge in [-0.3, -0.25) is 4.79 Å². The fraction of sp³-hybridized carbons (Fsp3) is 0.333. The lowest BCUT2D eigenvalue weighted by atomic mass is 10.1. The third-order valence-electron chi connectivity index (χ3n) is 2.29. The predicted octanol–water partition coefficient (Wildman–Crippen LogP) is 0.883. The molecule has 1 amide bonds. The summed E-state index contributed by atoms with van der Waals surface area (Å²) in [6.45, 7) is 3.09. The monoisotopic (exact) mass is 217 g/mol. The SMILES string of the molecule is C[C@H](CN)CNC(=O)c1ccc(C#N)cc1. The molecule has 0 saturated heterocycles. The molecule has 0 heterocycles. The van der Waals surface area contributed by atoms with Crippen LogP contribution in [0.1, 0.15) is 22.8 Å². The van der Waals surface area contributed by atoms with Gasteiger partial charge in [0, 0.05) is 12.1 Å². The van der Waals surface area contributed by atoms with Crippen LogP contribution in [0.25, 0.3) is 0 Å². The minimum absolute atomic E-state index is 0.134. The highest BCUT2D eigenvalue weighted by atomic mass is 16.1. The number of nitriles is 1. The summed E-state index contributed by atoms with van der Waals surface area (Å²) in [7, 11) is 0. The van der Waals surface area contributed by atoms with Crippen molar-refractivity contribution >= 4 is 5.91 Å². The molecule has 3 N–H and O–H groups in total. The van der Waals surface area contributed by atoms with Crippen LogP contribution in [0.5, 0.6) is 0 Å². The molecule has 0 aliphatic heterocycles. The van der Waals surface area contributed by atoms with Gasteiger partial charge in [-0.25, -0.2) is 0 Å². The third kappa shape index (κ3) is 3.37. The molecule has 0 fully saturated rings. The lowest BCUT2D eigenvalue weighted by Crippen LogP contribution is -2.31. The van der Waals surface area contributed by atoms with Gasteiger partial charge in [0.15, 0.2) is 0 Å². The number of nitrogens with zero attached hydrogens (tertiary/aromatic N) is 1. The van der Waals surface area contributed by atoms with E-state index < -0.39 is 0 Å². The average Bonchev–Trinajstić information content (AvgIpc) is 2.35. The van der Waals surface area contributed by atoms with E-state index in [9.17, 15) is 4.79 Å². The van der Waals surface area contributed by atoms with Gasteiger partial charge in [0.05, 0.1) is 11.6 Å². The minimum atomic E-state index is -0.134. The van der Waals surface area contributed by atoms with E-state index in [4.69, 9.17) is 11.0 Å². The Hall–Kier alpha value is -1.86. The van der Waals surface area contributed by atoms with Crippen LogP contribution in [0.3, 0.4) is 0 Å².